The second-order valence-corrected chi connectivity index (χ2v) is 9.37. The molecule has 1 atom stereocenters. The summed E-state index contributed by atoms with van der Waals surface area (Å²) in [6.07, 6.45) is 1.74. The summed E-state index contributed by atoms with van der Waals surface area (Å²) < 4.78 is 0. The Morgan fingerprint density at radius 2 is 1.76 bits per heavy atom. The number of amides is 1. The highest BCUT2D eigenvalue weighted by molar-refractivity contribution is 8.05. The normalized spacial score (nSPS) is 24.1. The Kier molecular flexibility index (Phi) is 4.68. The number of carbonyl (C=O) groups is 1. The second kappa shape index (κ2) is 7.00. The van der Waals surface area contributed by atoms with Crippen LogP contribution in [0.2, 0.25) is 20.1 Å². The van der Waals surface area contributed by atoms with Crippen molar-refractivity contribution >= 4 is 76.0 Å². The summed E-state index contributed by atoms with van der Waals surface area (Å²) in [6, 6.07) is 10.4. The van der Waals surface area contributed by atoms with Crippen molar-refractivity contribution in [1.29, 1.82) is 0 Å². The molecule has 0 radical (unpaired) electrons. The average molecular weight is 487 g/mol. The third-order valence-electron chi connectivity index (χ3n) is 4.87. The Hall–Kier alpha value is -1.57. The molecule has 0 bridgehead atoms. The summed E-state index contributed by atoms with van der Waals surface area (Å²) >= 11 is 26.2. The maximum absolute atomic E-state index is 13.0. The first kappa shape index (κ1) is 19.4. The molecule has 3 aliphatic rings. The highest BCUT2D eigenvalue weighted by Crippen LogP contribution is 2.53. The SMILES string of the molecule is O=C1/C(=C/c2ccc(Cl)cc2Cl)SC23ON=C(c4c(Cl)cccc4Cl)N2CCN13. The van der Waals surface area contributed by atoms with Crippen LogP contribution in [-0.4, -0.2) is 39.8 Å². The molecule has 2 fully saturated rings. The summed E-state index contributed by atoms with van der Waals surface area (Å²) in [6.45, 7) is 1.03. The Labute approximate surface area is 190 Å². The van der Waals surface area contributed by atoms with Gasteiger partial charge in [-0.25, -0.2) is 0 Å². The fourth-order valence-electron chi connectivity index (χ4n) is 3.54. The van der Waals surface area contributed by atoms with Crippen LogP contribution in [0, 0.1) is 0 Å². The van der Waals surface area contributed by atoms with Crippen molar-refractivity contribution in [3.8, 4) is 0 Å². The lowest BCUT2D eigenvalue weighted by atomic mass is 10.2. The van der Waals surface area contributed by atoms with E-state index in [0.29, 0.717) is 55.0 Å². The molecular formula is C19H11Cl4N3O2S. The van der Waals surface area contributed by atoms with E-state index in [9.17, 15) is 4.79 Å². The van der Waals surface area contributed by atoms with Crippen LogP contribution in [0.5, 0.6) is 0 Å². The largest absolute Gasteiger partial charge is 0.348 e. The molecule has 2 aromatic carbocycles. The van der Waals surface area contributed by atoms with Gasteiger partial charge in [0.05, 0.1) is 20.5 Å². The van der Waals surface area contributed by atoms with Gasteiger partial charge in [-0.15, -0.1) is 0 Å². The molecule has 10 heteroatoms. The molecule has 1 spiro atoms. The van der Waals surface area contributed by atoms with Crippen molar-refractivity contribution in [2.75, 3.05) is 13.1 Å². The molecule has 3 heterocycles. The van der Waals surface area contributed by atoms with E-state index in [0.717, 1.165) is 0 Å². The van der Waals surface area contributed by atoms with Gasteiger partial charge >= 0.3 is 5.18 Å². The third kappa shape index (κ3) is 2.93. The quantitative estimate of drug-likeness (QED) is 0.523. The molecular weight excluding hydrogens is 476 g/mol. The molecule has 0 aliphatic carbocycles. The van der Waals surface area contributed by atoms with Crippen LogP contribution < -0.4 is 0 Å². The van der Waals surface area contributed by atoms with E-state index in [1.54, 1.807) is 47.4 Å². The highest BCUT2D eigenvalue weighted by atomic mass is 35.5. The highest BCUT2D eigenvalue weighted by Gasteiger charge is 2.64. The molecule has 3 aliphatic heterocycles. The van der Waals surface area contributed by atoms with Gasteiger partial charge in [0.2, 0.25) is 0 Å². The summed E-state index contributed by atoms with van der Waals surface area (Å²) in [7, 11) is 0. The lowest BCUT2D eigenvalue weighted by Gasteiger charge is -2.29. The minimum atomic E-state index is -1.08. The standard InChI is InChI=1S/C19H11Cl4N3O2S/c20-11-5-4-10(14(23)9-11)8-15-18(27)26-7-6-25-17(24-28-19(25,26)29-15)16-12(21)2-1-3-13(16)22/h1-5,8-9H,6-7H2/b15-8-. The molecule has 1 amide bonds. The monoisotopic (exact) mass is 485 g/mol. The van der Waals surface area contributed by atoms with Crippen LogP contribution >= 0.6 is 58.2 Å². The van der Waals surface area contributed by atoms with Gasteiger partial charge in [0.1, 0.15) is 0 Å². The number of amidine groups is 1. The van der Waals surface area contributed by atoms with E-state index in [4.69, 9.17) is 51.2 Å². The number of benzene rings is 2. The fourth-order valence-corrected chi connectivity index (χ4v) is 5.89. The maximum atomic E-state index is 13.0. The Balaban J connectivity index is 1.51. The van der Waals surface area contributed by atoms with Crippen molar-refractivity contribution in [1.82, 2.24) is 9.80 Å². The van der Waals surface area contributed by atoms with Gasteiger partial charge in [-0.3, -0.25) is 14.6 Å². The molecule has 29 heavy (non-hydrogen) atoms. The number of oxime groups is 1. The molecule has 2 aromatic rings. The Morgan fingerprint density at radius 3 is 2.48 bits per heavy atom. The zero-order valence-corrected chi connectivity index (χ0v) is 18.4. The van der Waals surface area contributed by atoms with Crippen LogP contribution in [0.3, 0.4) is 0 Å². The zero-order chi connectivity index (χ0) is 20.3. The average Bonchev–Trinajstić information content (AvgIpc) is 3.27. The number of nitrogens with zero attached hydrogens (tertiary/aromatic N) is 3. The lowest BCUT2D eigenvalue weighted by Crippen LogP contribution is -2.48. The molecule has 0 saturated carbocycles. The molecule has 1 unspecified atom stereocenters. The predicted molar refractivity (Wildman–Crippen MR) is 117 cm³/mol. The molecule has 148 valence electrons. The van der Waals surface area contributed by atoms with Crippen molar-refractivity contribution in [3.05, 3.63) is 72.5 Å². The Bertz CT molecular complexity index is 1100. The van der Waals surface area contributed by atoms with E-state index >= 15 is 0 Å². The summed E-state index contributed by atoms with van der Waals surface area (Å²) in [5, 5.41) is 5.08. The number of hydrogen-bond acceptors (Lipinski definition) is 5. The van der Waals surface area contributed by atoms with E-state index in [2.05, 4.69) is 5.16 Å². The first-order valence-corrected chi connectivity index (χ1v) is 10.9. The smallest absolute Gasteiger partial charge is 0.332 e. The van der Waals surface area contributed by atoms with E-state index < -0.39 is 5.18 Å². The lowest BCUT2D eigenvalue weighted by molar-refractivity contribution is -0.144. The van der Waals surface area contributed by atoms with Gasteiger partial charge in [-0.05, 0) is 47.7 Å². The van der Waals surface area contributed by atoms with Gasteiger partial charge in [0, 0.05) is 23.1 Å². The first-order chi connectivity index (χ1) is 13.9. The van der Waals surface area contributed by atoms with Crippen molar-refractivity contribution in [2.24, 2.45) is 5.16 Å². The van der Waals surface area contributed by atoms with Gasteiger partial charge in [0.25, 0.3) is 5.91 Å². The number of hydrogen-bond donors (Lipinski definition) is 0. The summed E-state index contributed by atoms with van der Waals surface area (Å²) in [5.74, 6) is 0.361. The summed E-state index contributed by atoms with van der Waals surface area (Å²) in [4.78, 5) is 22.9. The number of halogens is 4. The van der Waals surface area contributed by atoms with Gasteiger partial charge < -0.3 is 4.84 Å². The summed E-state index contributed by atoms with van der Waals surface area (Å²) in [5.41, 5.74) is 1.28. The number of rotatable bonds is 2. The van der Waals surface area contributed by atoms with Crippen LogP contribution in [0.25, 0.3) is 6.08 Å². The van der Waals surface area contributed by atoms with Crippen molar-refractivity contribution in [2.45, 2.75) is 5.18 Å². The van der Waals surface area contributed by atoms with Gasteiger partial charge in [0.15, 0.2) is 5.84 Å². The van der Waals surface area contributed by atoms with E-state index in [-0.39, 0.29) is 5.91 Å². The minimum Gasteiger partial charge on any atom is -0.332 e. The topological polar surface area (TPSA) is 45.1 Å². The van der Waals surface area contributed by atoms with E-state index in [1.807, 2.05) is 4.90 Å². The van der Waals surface area contributed by atoms with Gasteiger partial charge in [-0.2, -0.15) is 0 Å². The molecule has 5 nitrogen and oxygen atoms in total. The zero-order valence-electron chi connectivity index (χ0n) is 14.5. The third-order valence-corrected chi connectivity index (χ3v) is 7.36. The first-order valence-electron chi connectivity index (χ1n) is 8.56. The Morgan fingerprint density at radius 1 is 1.03 bits per heavy atom. The molecule has 2 saturated heterocycles. The van der Waals surface area contributed by atoms with Crippen LogP contribution in [0.15, 0.2) is 46.5 Å². The van der Waals surface area contributed by atoms with Crippen LogP contribution in [0.4, 0.5) is 0 Å². The van der Waals surface area contributed by atoms with Crippen LogP contribution in [-0.2, 0) is 9.63 Å². The van der Waals surface area contributed by atoms with Crippen LogP contribution in [0.1, 0.15) is 11.1 Å². The second-order valence-electron chi connectivity index (χ2n) is 6.54. The molecule has 0 N–H and O–H groups in total. The van der Waals surface area contributed by atoms with Crippen molar-refractivity contribution in [3.63, 3.8) is 0 Å². The number of carbonyl (C=O) groups excluding carboxylic acids is 1. The molecule has 5 rings (SSSR count). The molecule has 0 aromatic heterocycles. The van der Waals surface area contributed by atoms with Gasteiger partial charge in [-0.1, -0.05) is 63.7 Å². The van der Waals surface area contributed by atoms with E-state index in [1.165, 1.54) is 11.8 Å². The van der Waals surface area contributed by atoms with Crippen molar-refractivity contribution < 1.29 is 9.63 Å². The predicted octanol–water partition coefficient (Wildman–Crippen LogP) is 5.54. The maximum Gasteiger partial charge on any atom is 0.348 e. The fraction of sp³-hybridized carbons (Fsp3) is 0.158. The number of thioether (sulfide) groups is 1. The minimum absolute atomic E-state index is 0.148.